The van der Waals surface area contributed by atoms with Gasteiger partial charge in [0.1, 0.15) is 13.1 Å². The molecular formula is C34H50Cl2N4O2. The largest absolute Gasteiger partial charge is 1.00 e. The average molecular weight is 618 g/mol. The molecule has 0 bridgehead atoms. The van der Waals surface area contributed by atoms with E-state index in [1.54, 1.807) is 0 Å². The lowest BCUT2D eigenvalue weighted by Crippen LogP contribution is -3.00. The first-order chi connectivity index (χ1) is 19.4. The third-order valence-electron chi connectivity index (χ3n) is 8.74. The molecule has 8 heteroatoms. The molecule has 2 aromatic carbocycles. The molecule has 0 spiro atoms. The highest BCUT2D eigenvalue weighted by Crippen LogP contribution is 2.17. The second-order valence-corrected chi connectivity index (χ2v) is 11.1. The summed E-state index contributed by atoms with van der Waals surface area (Å²) < 4.78 is 2.01. The molecule has 1 aliphatic carbocycles. The number of nitrogens with one attached hydrogen (secondary N) is 2. The molecule has 1 aliphatic rings. The van der Waals surface area contributed by atoms with Crippen LogP contribution >= 0.6 is 0 Å². The molecule has 3 rings (SSSR count). The highest BCUT2D eigenvalue weighted by Gasteiger charge is 2.25. The van der Waals surface area contributed by atoms with Gasteiger partial charge >= 0.3 is 0 Å². The fourth-order valence-corrected chi connectivity index (χ4v) is 5.74. The quantitative estimate of drug-likeness (QED) is 0.128. The monoisotopic (exact) mass is 616 g/mol. The number of halogens is 2. The molecule has 2 N–H and O–H groups in total. The lowest BCUT2D eigenvalue weighted by atomic mass is 10.1. The number of rotatable bonds is 18. The highest BCUT2D eigenvalue weighted by molar-refractivity contribution is 6.19. The average Bonchev–Trinajstić information content (AvgIpc) is 2.99. The Labute approximate surface area is 266 Å². The van der Waals surface area contributed by atoms with Crippen LogP contribution in [-0.2, 0) is 22.7 Å². The Morgan fingerprint density at radius 3 is 1.19 bits per heavy atom. The number of allylic oxidation sites excluding steroid dienone is 2. The molecule has 0 radical (unpaired) electrons. The first kappa shape index (κ1) is 37.4. The van der Waals surface area contributed by atoms with Crippen molar-refractivity contribution >= 4 is 11.6 Å². The SMILES string of the molecule is CC[N+](CC)(CCCNC1=CC(=O)C(NCCC[N+](CC)(CC)Cc2ccccc2)=CC1=O)Cc1ccccc1.[Cl-].[Cl-]. The molecule has 0 aromatic heterocycles. The predicted molar refractivity (Wildman–Crippen MR) is 164 cm³/mol. The van der Waals surface area contributed by atoms with Crippen molar-refractivity contribution in [1.82, 2.24) is 10.6 Å². The summed E-state index contributed by atoms with van der Waals surface area (Å²) in [4.78, 5) is 25.6. The summed E-state index contributed by atoms with van der Waals surface area (Å²) in [5.41, 5.74) is 3.51. The molecule has 0 aliphatic heterocycles. The lowest BCUT2D eigenvalue weighted by molar-refractivity contribution is -0.937. The van der Waals surface area contributed by atoms with E-state index in [1.807, 2.05) is 0 Å². The van der Waals surface area contributed by atoms with Gasteiger partial charge in [0.2, 0.25) is 11.6 Å². The molecule has 0 atom stereocenters. The van der Waals surface area contributed by atoms with Crippen LogP contribution in [0, 0.1) is 0 Å². The minimum atomic E-state index is -0.130. The van der Waals surface area contributed by atoms with E-state index in [2.05, 4.69) is 99.0 Å². The zero-order valence-electron chi connectivity index (χ0n) is 25.9. The van der Waals surface area contributed by atoms with Crippen molar-refractivity contribution < 1.29 is 43.4 Å². The fourth-order valence-electron chi connectivity index (χ4n) is 5.74. The zero-order chi connectivity index (χ0) is 28.8. The number of benzene rings is 2. The zero-order valence-corrected chi connectivity index (χ0v) is 27.4. The minimum Gasteiger partial charge on any atom is -1.00 e. The van der Waals surface area contributed by atoms with E-state index in [0.29, 0.717) is 24.5 Å². The highest BCUT2D eigenvalue weighted by atomic mass is 35.5. The topological polar surface area (TPSA) is 58.2 Å². The second kappa shape index (κ2) is 18.8. The second-order valence-electron chi connectivity index (χ2n) is 11.1. The molecule has 0 amide bonds. The summed E-state index contributed by atoms with van der Waals surface area (Å²) in [5.74, 6) is -0.260. The smallest absolute Gasteiger partial charge is 0.203 e. The molecule has 0 heterocycles. The van der Waals surface area contributed by atoms with Crippen molar-refractivity contribution in [3.8, 4) is 0 Å². The van der Waals surface area contributed by atoms with Crippen molar-refractivity contribution in [2.45, 2.75) is 53.6 Å². The van der Waals surface area contributed by atoms with Gasteiger partial charge in [-0.1, -0.05) is 60.7 Å². The van der Waals surface area contributed by atoms with Crippen molar-refractivity contribution in [2.75, 3.05) is 52.4 Å². The van der Waals surface area contributed by atoms with Gasteiger partial charge in [0, 0.05) is 49.2 Å². The van der Waals surface area contributed by atoms with E-state index < -0.39 is 0 Å². The maximum absolute atomic E-state index is 12.8. The van der Waals surface area contributed by atoms with Crippen LogP contribution in [-0.4, -0.2) is 72.9 Å². The number of carbonyl (C=O) groups is 2. The van der Waals surface area contributed by atoms with Crippen LogP contribution in [0.1, 0.15) is 51.7 Å². The first-order valence-electron chi connectivity index (χ1n) is 15.2. The minimum absolute atomic E-state index is 0. The molecule has 6 nitrogen and oxygen atoms in total. The van der Waals surface area contributed by atoms with Crippen LogP contribution in [0.15, 0.2) is 84.2 Å². The number of hydrogen-bond donors (Lipinski definition) is 2. The number of quaternary nitrogens is 2. The normalized spacial score (nSPS) is 13.4. The van der Waals surface area contributed by atoms with E-state index in [-0.39, 0.29) is 36.4 Å². The summed E-state index contributed by atoms with van der Waals surface area (Å²) >= 11 is 0. The predicted octanol–water partition coefficient (Wildman–Crippen LogP) is -1.01. The van der Waals surface area contributed by atoms with Crippen LogP contribution in [0.5, 0.6) is 0 Å². The molecular weight excluding hydrogens is 567 g/mol. The molecule has 42 heavy (non-hydrogen) atoms. The Morgan fingerprint density at radius 1 is 0.548 bits per heavy atom. The summed E-state index contributed by atoms with van der Waals surface area (Å²) in [6.07, 6.45) is 4.79. The summed E-state index contributed by atoms with van der Waals surface area (Å²) in [6.45, 7) is 18.6. The summed E-state index contributed by atoms with van der Waals surface area (Å²) in [7, 11) is 0. The standard InChI is InChI=1S/C34H48N4O2.2ClH/c1-5-37(6-2,27-29-17-11-9-12-18-29)23-15-21-35-31-25-34(40)32(26-33(31)39)36-22-16-24-38(7-3,8-4)28-30-19-13-10-14-20-30;;/h9-14,17-20,25-26H,5-8,15-16,21-24,27-28H2,1-4H3;2*1H. The first-order valence-corrected chi connectivity index (χ1v) is 15.2. The van der Waals surface area contributed by atoms with Gasteiger partial charge in [-0.05, 0) is 27.7 Å². The van der Waals surface area contributed by atoms with Crippen LogP contribution in [0.3, 0.4) is 0 Å². The van der Waals surface area contributed by atoms with Crippen molar-refractivity contribution in [1.29, 1.82) is 0 Å². The Balaban J connectivity index is 0.00000441. The fraction of sp³-hybridized carbons (Fsp3) is 0.471. The van der Waals surface area contributed by atoms with Crippen molar-refractivity contribution in [2.24, 2.45) is 0 Å². The van der Waals surface area contributed by atoms with Gasteiger partial charge in [0.15, 0.2) is 0 Å². The van der Waals surface area contributed by atoms with Gasteiger partial charge in [-0.15, -0.1) is 0 Å². The Morgan fingerprint density at radius 2 is 0.881 bits per heavy atom. The molecule has 0 fully saturated rings. The van der Waals surface area contributed by atoms with Crippen molar-refractivity contribution in [3.63, 3.8) is 0 Å². The van der Waals surface area contributed by atoms with Gasteiger partial charge < -0.3 is 44.4 Å². The van der Waals surface area contributed by atoms with Crippen LogP contribution in [0.2, 0.25) is 0 Å². The summed E-state index contributed by atoms with van der Waals surface area (Å²) in [6, 6.07) is 21.3. The van der Waals surface area contributed by atoms with E-state index in [0.717, 1.165) is 74.2 Å². The van der Waals surface area contributed by atoms with Gasteiger partial charge in [-0.2, -0.15) is 0 Å². The Hall–Kier alpha value is -2.64. The third kappa shape index (κ3) is 10.9. The molecule has 0 unspecified atom stereocenters. The van der Waals surface area contributed by atoms with E-state index >= 15 is 0 Å². The molecule has 0 saturated carbocycles. The third-order valence-corrected chi connectivity index (χ3v) is 8.74. The number of ketones is 2. The van der Waals surface area contributed by atoms with Gasteiger partial charge in [0.05, 0.1) is 50.7 Å². The van der Waals surface area contributed by atoms with E-state index in [9.17, 15) is 9.59 Å². The number of hydrogen-bond acceptors (Lipinski definition) is 4. The van der Waals surface area contributed by atoms with Gasteiger partial charge in [-0.25, -0.2) is 0 Å². The maximum Gasteiger partial charge on any atom is 0.203 e. The van der Waals surface area contributed by atoms with Crippen LogP contribution in [0.4, 0.5) is 0 Å². The van der Waals surface area contributed by atoms with Crippen LogP contribution in [0.25, 0.3) is 0 Å². The molecule has 0 saturated heterocycles. The number of carbonyl (C=O) groups excluding carboxylic acids is 2. The van der Waals surface area contributed by atoms with Crippen LogP contribution < -0.4 is 35.4 Å². The Bertz CT molecular complexity index is 1050. The summed E-state index contributed by atoms with van der Waals surface area (Å²) in [5, 5.41) is 6.48. The van der Waals surface area contributed by atoms with Gasteiger partial charge in [0.25, 0.3) is 0 Å². The number of nitrogens with zero attached hydrogens (tertiary/aromatic N) is 2. The lowest BCUT2D eigenvalue weighted by Gasteiger charge is -2.37. The van der Waals surface area contributed by atoms with Gasteiger partial charge in [-0.3, -0.25) is 9.59 Å². The van der Waals surface area contributed by atoms with E-state index in [1.165, 1.54) is 23.3 Å². The molecule has 232 valence electrons. The maximum atomic E-state index is 12.8. The molecule has 2 aromatic rings. The van der Waals surface area contributed by atoms with Crippen molar-refractivity contribution in [3.05, 3.63) is 95.3 Å². The van der Waals surface area contributed by atoms with E-state index in [4.69, 9.17) is 0 Å². The Kier molecular flexibility index (Phi) is 16.7.